The van der Waals surface area contributed by atoms with E-state index in [2.05, 4.69) is 72.3 Å². The van der Waals surface area contributed by atoms with Crippen LogP contribution in [0.25, 0.3) is 0 Å². The van der Waals surface area contributed by atoms with Crippen LogP contribution in [0.4, 0.5) is 9.59 Å². The molecule has 352 valence electrons. The topological polar surface area (TPSA) is 182 Å². The molecule has 0 aliphatic heterocycles. The maximum Gasteiger partial charge on any atom is 0.407 e. The van der Waals surface area contributed by atoms with Crippen molar-refractivity contribution in [1.29, 1.82) is 0 Å². The van der Waals surface area contributed by atoms with E-state index < -0.39 is 46.2 Å². The molecule has 2 amide bonds. The van der Waals surface area contributed by atoms with Crippen LogP contribution in [0.1, 0.15) is 152 Å². The standard InChI is InChI=1S/C49H74N2O12/c1-32(2)35(52)58-14-16-60-37(54)46-21-42(8)19-43(9,22-46)26-48(25-42,29-46)62-39(56)50-13-12-34(5)18-41(6,7)31-51-40(57)63-49-27-44(10)20-45(11,28-49)24-47(23-44,30-49)38(55)61-17-15-59-36(53)33(3)4/h34H,1,3,12-31H2,2,4-11H3,(H,50,56)(H,51,57). The van der Waals surface area contributed by atoms with Gasteiger partial charge in [0.15, 0.2) is 0 Å². The van der Waals surface area contributed by atoms with Crippen LogP contribution in [0.3, 0.4) is 0 Å². The van der Waals surface area contributed by atoms with Gasteiger partial charge in [0.1, 0.15) is 37.6 Å². The molecular weight excluding hydrogens is 809 g/mol. The minimum Gasteiger partial charge on any atom is -0.462 e. The van der Waals surface area contributed by atoms with Crippen molar-refractivity contribution in [2.24, 2.45) is 43.8 Å². The molecule has 8 bridgehead atoms. The van der Waals surface area contributed by atoms with Gasteiger partial charge in [0.2, 0.25) is 0 Å². The molecule has 8 aliphatic rings. The molecule has 5 unspecified atom stereocenters. The molecule has 0 aromatic rings. The van der Waals surface area contributed by atoms with Crippen LogP contribution in [-0.2, 0) is 47.6 Å². The van der Waals surface area contributed by atoms with Gasteiger partial charge in [0, 0.05) is 37.1 Å². The minimum absolute atomic E-state index is 0.0443. The number of carbonyl (C=O) groups excluding carboxylic acids is 6. The second-order valence-electron chi connectivity index (χ2n) is 23.7. The summed E-state index contributed by atoms with van der Waals surface area (Å²) >= 11 is 0. The van der Waals surface area contributed by atoms with Crippen molar-refractivity contribution in [2.45, 2.75) is 163 Å². The summed E-state index contributed by atoms with van der Waals surface area (Å²) in [6.07, 6.45) is 8.65. The van der Waals surface area contributed by atoms with Crippen LogP contribution in [0.15, 0.2) is 24.3 Å². The highest BCUT2D eigenvalue weighted by Crippen LogP contribution is 2.73. The Bertz CT molecular complexity index is 1850. The van der Waals surface area contributed by atoms with E-state index in [-0.39, 0.29) is 82.5 Å². The Labute approximate surface area is 374 Å². The molecular formula is C49H74N2O12. The van der Waals surface area contributed by atoms with Crippen molar-refractivity contribution in [3.05, 3.63) is 24.3 Å². The lowest BCUT2D eigenvalue weighted by Crippen LogP contribution is -2.66. The predicted molar refractivity (Wildman–Crippen MR) is 233 cm³/mol. The number of rotatable bonds is 19. The first kappa shape index (κ1) is 48.4. The van der Waals surface area contributed by atoms with E-state index in [4.69, 9.17) is 28.4 Å². The van der Waals surface area contributed by atoms with E-state index in [0.29, 0.717) is 83.7 Å². The van der Waals surface area contributed by atoms with Crippen molar-refractivity contribution in [3.8, 4) is 0 Å². The van der Waals surface area contributed by atoms with E-state index in [1.165, 1.54) is 0 Å². The van der Waals surface area contributed by atoms with Crippen LogP contribution in [-0.4, -0.2) is 86.8 Å². The largest absolute Gasteiger partial charge is 0.462 e. The van der Waals surface area contributed by atoms with Crippen LogP contribution in [0.5, 0.6) is 0 Å². The monoisotopic (exact) mass is 883 g/mol. The molecule has 8 rings (SSSR count). The minimum atomic E-state index is -0.788. The van der Waals surface area contributed by atoms with Gasteiger partial charge in [0.25, 0.3) is 0 Å². The summed E-state index contributed by atoms with van der Waals surface area (Å²) in [7, 11) is 0. The van der Waals surface area contributed by atoms with Crippen molar-refractivity contribution in [3.63, 3.8) is 0 Å². The molecule has 0 heterocycles. The Morgan fingerprint density at radius 2 is 0.921 bits per heavy atom. The summed E-state index contributed by atoms with van der Waals surface area (Å²) in [5.41, 5.74) is -3.57. The average molecular weight is 883 g/mol. The van der Waals surface area contributed by atoms with Crippen molar-refractivity contribution < 1.29 is 57.2 Å². The highest BCUT2D eigenvalue weighted by molar-refractivity contribution is 5.87. The third kappa shape index (κ3) is 10.9. The summed E-state index contributed by atoms with van der Waals surface area (Å²) in [5, 5.41) is 6.03. The molecule has 0 aromatic heterocycles. The van der Waals surface area contributed by atoms with Crippen LogP contribution in [0, 0.1) is 43.8 Å². The molecule has 5 atom stereocenters. The molecule has 8 aliphatic carbocycles. The van der Waals surface area contributed by atoms with Gasteiger partial charge in [0.05, 0.1) is 10.8 Å². The Balaban J connectivity index is 0.957. The SMILES string of the molecule is C=C(C)C(=O)OCCOC(=O)C12CC3(C)CC(C)(CC(OC(=O)NCCC(C)CC(C)(C)CNC(=O)OC45CC6(C)CC(C)(C4)CC(C(=O)OCCOC(=O)C(=C)C)(C6)C5)(C3)C1)C2. The third-order valence-electron chi connectivity index (χ3n) is 14.9. The van der Waals surface area contributed by atoms with E-state index >= 15 is 0 Å². The molecule has 0 aromatic carbocycles. The van der Waals surface area contributed by atoms with Gasteiger partial charge in [-0.2, -0.15) is 0 Å². The fourth-order valence-corrected chi connectivity index (χ4v) is 15.2. The quantitative estimate of drug-likeness (QED) is 0.0548. The van der Waals surface area contributed by atoms with E-state index in [9.17, 15) is 28.8 Å². The first-order valence-corrected chi connectivity index (χ1v) is 23.0. The maximum atomic E-state index is 13.7. The lowest BCUT2D eigenvalue weighted by molar-refractivity contribution is -0.233. The van der Waals surface area contributed by atoms with Gasteiger partial charge in [-0.15, -0.1) is 0 Å². The Kier molecular flexibility index (Phi) is 13.1. The average Bonchev–Trinajstić information content (AvgIpc) is 3.10. The summed E-state index contributed by atoms with van der Waals surface area (Å²) in [6.45, 7) is 25.9. The zero-order valence-corrected chi connectivity index (χ0v) is 39.5. The maximum absolute atomic E-state index is 13.7. The highest BCUT2D eigenvalue weighted by Gasteiger charge is 2.71. The van der Waals surface area contributed by atoms with Crippen LogP contribution >= 0.6 is 0 Å². The van der Waals surface area contributed by atoms with E-state index in [0.717, 1.165) is 19.3 Å². The summed E-state index contributed by atoms with van der Waals surface area (Å²) in [6, 6.07) is 0. The zero-order chi connectivity index (χ0) is 46.5. The number of nitrogens with one attached hydrogen (secondary N) is 2. The molecule has 0 radical (unpaired) electrons. The molecule has 8 saturated carbocycles. The Morgan fingerprint density at radius 3 is 1.30 bits per heavy atom. The van der Waals surface area contributed by atoms with Gasteiger partial charge in [-0.05, 0) is 124 Å². The number of amides is 2. The summed E-state index contributed by atoms with van der Waals surface area (Å²) < 4.78 is 34.3. The van der Waals surface area contributed by atoms with Gasteiger partial charge in [-0.1, -0.05) is 61.6 Å². The smallest absolute Gasteiger partial charge is 0.407 e. The lowest BCUT2D eigenvalue weighted by Gasteiger charge is -2.67. The molecule has 8 fully saturated rings. The van der Waals surface area contributed by atoms with Gasteiger partial charge in [-0.25, -0.2) is 19.2 Å². The number of alkyl carbamates (subject to hydrolysis) is 2. The first-order valence-electron chi connectivity index (χ1n) is 23.0. The summed E-state index contributed by atoms with van der Waals surface area (Å²) in [4.78, 5) is 78.0. The predicted octanol–water partition coefficient (Wildman–Crippen LogP) is 8.44. The number of hydrogen-bond acceptors (Lipinski definition) is 12. The fraction of sp³-hybridized carbons (Fsp3) is 0.796. The van der Waals surface area contributed by atoms with E-state index in [1.54, 1.807) is 13.8 Å². The van der Waals surface area contributed by atoms with Crippen LogP contribution in [0.2, 0.25) is 0 Å². The molecule has 63 heavy (non-hydrogen) atoms. The molecule has 2 N–H and O–H groups in total. The molecule has 0 saturated heterocycles. The highest BCUT2D eigenvalue weighted by atomic mass is 16.6. The summed E-state index contributed by atoms with van der Waals surface area (Å²) in [5.74, 6) is -1.49. The number of hydrogen-bond donors (Lipinski definition) is 2. The normalized spacial score (nSPS) is 36.1. The van der Waals surface area contributed by atoms with Gasteiger partial charge >= 0.3 is 36.1 Å². The van der Waals surface area contributed by atoms with Crippen LogP contribution < -0.4 is 10.6 Å². The van der Waals surface area contributed by atoms with E-state index in [1.807, 2.05) is 0 Å². The molecule has 14 heteroatoms. The zero-order valence-electron chi connectivity index (χ0n) is 39.5. The fourth-order valence-electron chi connectivity index (χ4n) is 15.2. The number of carbonyl (C=O) groups is 6. The van der Waals surface area contributed by atoms with Crippen molar-refractivity contribution in [1.82, 2.24) is 10.6 Å². The third-order valence-corrected chi connectivity index (χ3v) is 14.9. The first-order chi connectivity index (χ1) is 29.1. The second-order valence-corrected chi connectivity index (χ2v) is 23.7. The Morgan fingerprint density at radius 1 is 0.556 bits per heavy atom. The molecule has 14 nitrogen and oxygen atoms in total. The van der Waals surface area contributed by atoms with Gasteiger partial charge in [-0.3, -0.25) is 9.59 Å². The Hall–Kier alpha value is -4.10. The lowest BCUT2D eigenvalue weighted by atomic mass is 9.39. The second kappa shape index (κ2) is 17.0. The van der Waals surface area contributed by atoms with Gasteiger partial charge < -0.3 is 39.1 Å². The number of esters is 4. The van der Waals surface area contributed by atoms with Crippen molar-refractivity contribution in [2.75, 3.05) is 39.5 Å². The molecule has 0 spiro atoms. The number of ether oxygens (including phenoxy) is 6. The van der Waals surface area contributed by atoms with Crippen molar-refractivity contribution >= 4 is 36.1 Å².